The number of carbonyl (C=O) groups excluding carboxylic acids is 4. The number of nitrogens with one attached hydrogen (secondary N) is 1. The number of thiazole rings is 2. The molecule has 13 nitrogen and oxygen atoms in total. The number of carbonyl (C=O) groups is 4. The number of nitrogen functional groups attached to an aromatic ring is 1. The van der Waals surface area contributed by atoms with Crippen LogP contribution in [0.2, 0.25) is 0 Å². The van der Waals surface area contributed by atoms with E-state index in [1.807, 2.05) is 0 Å². The summed E-state index contributed by atoms with van der Waals surface area (Å²) in [5.74, 6) is -2.98. The predicted octanol–water partition coefficient (Wildman–Crippen LogP) is -3.48. The largest absolute Gasteiger partial charge is 1.00 e. The Kier molecular flexibility index (Phi) is 10.6. The zero-order valence-electron chi connectivity index (χ0n) is 19.6. The summed E-state index contributed by atoms with van der Waals surface area (Å²) in [5.41, 5.74) is 7.47. The number of hydrogen-bond donors (Lipinski definition) is 2. The molecule has 0 radical (unpaired) electrons. The Balaban J connectivity index is 0.00000380. The minimum Gasteiger partial charge on any atom is -0.543 e. The SMILES string of the molecule is CO/N=C(\C(=O)NC1C(=O)N2C(C(=O)[O-])=C(CSc3scnc3C(=O)OC)CS[C@@H]12)c1csc(N)n1.[K+]. The van der Waals surface area contributed by atoms with Gasteiger partial charge in [-0.2, -0.15) is 0 Å². The van der Waals surface area contributed by atoms with E-state index in [0.29, 0.717) is 9.78 Å². The molecule has 2 aromatic heterocycles. The van der Waals surface area contributed by atoms with Crippen LogP contribution < -0.4 is 67.5 Å². The van der Waals surface area contributed by atoms with Gasteiger partial charge in [0, 0.05) is 16.9 Å². The standard InChI is InChI=1S/C19H18N6O7S4.K/c1-31-17(30)11-18(36-6-21-11)34-4-7-3-33-15-10(14(27)25(15)12(7)16(28)29)23-13(26)9(24-32-2)8-5-35-19(20)22-8;/h5-6,10,15H,3-4H2,1-2H3,(H2,20,22)(H,23,26)(H,28,29);/q;+1/p-1/b24-9-;/t10?,15-;/m0./s1. The maximum absolute atomic E-state index is 12.9. The molecule has 2 atom stereocenters. The van der Waals surface area contributed by atoms with Crippen LogP contribution in [0, 0.1) is 0 Å². The minimum absolute atomic E-state index is 0. The zero-order chi connectivity index (χ0) is 26.0. The molecule has 2 aliphatic heterocycles. The first-order valence-corrected chi connectivity index (χ1v) is 13.7. The van der Waals surface area contributed by atoms with Gasteiger partial charge in [0.1, 0.15) is 24.2 Å². The van der Waals surface area contributed by atoms with Crippen molar-refractivity contribution in [3.8, 4) is 0 Å². The third kappa shape index (κ3) is 6.22. The van der Waals surface area contributed by atoms with Crippen molar-refractivity contribution in [3.05, 3.63) is 33.5 Å². The van der Waals surface area contributed by atoms with E-state index in [0.717, 1.165) is 16.2 Å². The molecular formula is C19H17KN6O7S4. The van der Waals surface area contributed by atoms with Crippen molar-refractivity contribution in [2.45, 2.75) is 15.6 Å². The van der Waals surface area contributed by atoms with Gasteiger partial charge in [0.2, 0.25) is 0 Å². The summed E-state index contributed by atoms with van der Waals surface area (Å²) in [4.78, 5) is 63.4. The molecule has 1 unspecified atom stereocenters. The number of nitrogens with two attached hydrogens (primary N) is 1. The minimum atomic E-state index is -1.51. The summed E-state index contributed by atoms with van der Waals surface area (Å²) in [5, 5.41) is 19.3. The van der Waals surface area contributed by atoms with Crippen LogP contribution >= 0.6 is 46.2 Å². The van der Waals surface area contributed by atoms with Crippen LogP contribution in [0.15, 0.2) is 31.5 Å². The second kappa shape index (κ2) is 13.0. The van der Waals surface area contributed by atoms with Gasteiger partial charge < -0.3 is 30.5 Å². The van der Waals surface area contributed by atoms with Gasteiger partial charge in [0.25, 0.3) is 11.8 Å². The Morgan fingerprint density at radius 1 is 1.35 bits per heavy atom. The molecule has 0 aromatic carbocycles. The number of ether oxygens (including phenoxy) is 1. The summed E-state index contributed by atoms with van der Waals surface area (Å²) < 4.78 is 5.27. The number of aliphatic carboxylic acids is 1. The number of oxime groups is 1. The predicted molar refractivity (Wildman–Crippen MR) is 131 cm³/mol. The molecule has 2 amide bonds. The van der Waals surface area contributed by atoms with Crippen LogP contribution in [0.5, 0.6) is 0 Å². The quantitative estimate of drug-likeness (QED) is 0.0715. The Hall–Kier alpha value is -1.51. The smallest absolute Gasteiger partial charge is 0.543 e. The molecule has 0 bridgehead atoms. The molecular weight excluding hydrogens is 592 g/mol. The average molecular weight is 609 g/mol. The third-order valence-electron chi connectivity index (χ3n) is 4.98. The number of amides is 2. The van der Waals surface area contributed by atoms with Crippen molar-refractivity contribution in [3.63, 3.8) is 0 Å². The number of fused-ring (bicyclic) bond motifs is 1. The number of aromatic nitrogens is 2. The first-order chi connectivity index (χ1) is 17.3. The fourth-order valence-corrected chi connectivity index (χ4v) is 7.33. The van der Waals surface area contributed by atoms with Gasteiger partial charge in [-0.1, -0.05) is 5.16 Å². The number of methoxy groups -OCH3 is 1. The van der Waals surface area contributed by atoms with Crippen molar-refractivity contribution >= 4 is 80.8 Å². The first kappa shape index (κ1) is 30.0. The van der Waals surface area contributed by atoms with E-state index in [1.165, 1.54) is 60.0 Å². The van der Waals surface area contributed by atoms with Gasteiger partial charge in [-0.25, -0.2) is 14.8 Å². The van der Waals surface area contributed by atoms with Crippen LogP contribution in [0.3, 0.4) is 0 Å². The van der Waals surface area contributed by atoms with Gasteiger partial charge >= 0.3 is 57.4 Å². The zero-order valence-corrected chi connectivity index (χ0v) is 26.0. The van der Waals surface area contributed by atoms with Crippen molar-refractivity contribution in [1.82, 2.24) is 20.2 Å². The Morgan fingerprint density at radius 3 is 2.73 bits per heavy atom. The Labute approximate surface area is 269 Å². The summed E-state index contributed by atoms with van der Waals surface area (Å²) in [7, 11) is 2.50. The van der Waals surface area contributed by atoms with Crippen molar-refractivity contribution in [2.75, 3.05) is 31.5 Å². The molecule has 2 aliphatic rings. The summed E-state index contributed by atoms with van der Waals surface area (Å²) in [6.45, 7) is 0. The molecule has 0 saturated carbocycles. The molecule has 4 rings (SSSR count). The van der Waals surface area contributed by atoms with Crippen molar-refractivity contribution in [1.29, 1.82) is 0 Å². The number of β-lactam (4-membered cyclic amide) rings is 1. The molecule has 1 saturated heterocycles. The number of nitrogens with zero attached hydrogens (tertiary/aromatic N) is 4. The average Bonchev–Trinajstić information content (AvgIpc) is 3.51. The number of carboxylic acids is 1. The van der Waals surface area contributed by atoms with Gasteiger partial charge in [-0.05, 0) is 5.57 Å². The van der Waals surface area contributed by atoms with E-state index in [2.05, 4.69) is 20.4 Å². The molecule has 0 aliphatic carbocycles. The van der Waals surface area contributed by atoms with E-state index in [4.69, 9.17) is 15.3 Å². The Bertz CT molecular complexity index is 1300. The van der Waals surface area contributed by atoms with E-state index in [9.17, 15) is 24.3 Å². The first-order valence-electron chi connectivity index (χ1n) is 9.92. The number of thioether (sulfide) groups is 2. The van der Waals surface area contributed by atoms with Gasteiger partial charge in [0.15, 0.2) is 16.5 Å². The Morgan fingerprint density at radius 2 is 2.11 bits per heavy atom. The van der Waals surface area contributed by atoms with Crippen LogP contribution in [-0.4, -0.2) is 81.5 Å². The van der Waals surface area contributed by atoms with E-state index in [-0.39, 0.29) is 90.8 Å². The number of anilines is 1. The van der Waals surface area contributed by atoms with E-state index < -0.39 is 35.2 Å². The summed E-state index contributed by atoms with van der Waals surface area (Å²) in [6, 6.07) is -0.989. The molecule has 1 fully saturated rings. The maximum atomic E-state index is 12.9. The van der Waals surface area contributed by atoms with Crippen molar-refractivity contribution < 1.29 is 85.2 Å². The molecule has 3 N–H and O–H groups in total. The number of carboxylic acid groups (broad SMARTS) is 1. The van der Waals surface area contributed by atoms with Crippen LogP contribution in [0.4, 0.5) is 5.13 Å². The molecule has 18 heteroatoms. The molecule has 4 heterocycles. The molecule has 0 spiro atoms. The van der Waals surface area contributed by atoms with E-state index >= 15 is 0 Å². The van der Waals surface area contributed by atoms with Gasteiger partial charge in [-0.15, -0.1) is 46.2 Å². The van der Waals surface area contributed by atoms with E-state index in [1.54, 1.807) is 0 Å². The fourth-order valence-electron chi connectivity index (χ4n) is 3.41. The number of rotatable bonds is 9. The van der Waals surface area contributed by atoms with Gasteiger partial charge in [-0.3, -0.25) is 14.5 Å². The maximum Gasteiger partial charge on any atom is 1.00 e. The number of esters is 1. The molecule has 190 valence electrons. The van der Waals surface area contributed by atoms with Crippen LogP contribution in [0.1, 0.15) is 16.2 Å². The van der Waals surface area contributed by atoms with Crippen molar-refractivity contribution in [2.24, 2.45) is 5.16 Å². The fraction of sp³-hybridized carbons (Fsp3) is 0.316. The second-order valence-electron chi connectivity index (χ2n) is 7.06. The topological polar surface area (TPSA) is 189 Å². The summed E-state index contributed by atoms with van der Waals surface area (Å²) in [6.07, 6.45) is 0. The molecule has 37 heavy (non-hydrogen) atoms. The third-order valence-corrected chi connectivity index (χ3v) is 9.20. The number of hydrogen-bond acceptors (Lipinski definition) is 15. The monoisotopic (exact) mass is 608 g/mol. The van der Waals surface area contributed by atoms with Gasteiger partial charge in [0.05, 0.1) is 28.5 Å². The van der Waals surface area contributed by atoms with Crippen LogP contribution in [-0.2, 0) is 24.0 Å². The second-order valence-corrected chi connectivity index (χ2v) is 11.2. The summed E-state index contributed by atoms with van der Waals surface area (Å²) >= 11 is 4.83. The van der Waals surface area contributed by atoms with Crippen LogP contribution in [0.25, 0.3) is 0 Å². The normalized spacial score (nSPS) is 18.9. The molecule has 2 aromatic rings.